The zero-order valence-corrected chi connectivity index (χ0v) is 18.0. The van der Waals surface area contributed by atoms with Crippen molar-refractivity contribution in [3.05, 3.63) is 35.4 Å². The Hall–Kier alpha value is -2.22. The smallest absolute Gasteiger partial charge is 0.254 e. The van der Waals surface area contributed by atoms with E-state index < -0.39 is 0 Å². The molecule has 8 heteroatoms. The maximum atomic E-state index is 12.5. The van der Waals surface area contributed by atoms with Crippen LogP contribution in [0.2, 0.25) is 0 Å². The van der Waals surface area contributed by atoms with Gasteiger partial charge in [0.2, 0.25) is 5.91 Å². The molecule has 2 rings (SSSR count). The van der Waals surface area contributed by atoms with Gasteiger partial charge < -0.3 is 20.9 Å². The number of aliphatic imine (C=N–C) groups is 1. The van der Waals surface area contributed by atoms with Crippen molar-refractivity contribution in [2.45, 2.75) is 32.1 Å². The van der Waals surface area contributed by atoms with Gasteiger partial charge in [0, 0.05) is 36.5 Å². The van der Waals surface area contributed by atoms with E-state index in [9.17, 15) is 9.59 Å². The number of benzene rings is 1. The number of hydrogen-bond acceptors (Lipinski definition) is 4. The molecule has 154 valence electrons. The van der Waals surface area contributed by atoms with E-state index in [0.717, 1.165) is 24.6 Å². The summed E-state index contributed by atoms with van der Waals surface area (Å²) in [6.45, 7) is 9.72. The van der Waals surface area contributed by atoms with E-state index in [4.69, 9.17) is 0 Å². The molecule has 1 aromatic carbocycles. The molecule has 1 heterocycles. The monoisotopic (exact) mass is 405 g/mol. The van der Waals surface area contributed by atoms with Gasteiger partial charge in [-0.3, -0.25) is 9.59 Å². The van der Waals surface area contributed by atoms with E-state index in [-0.39, 0.29) is 23.1 Å². The van der Waals surface area contributed by atoms with Gasteiger partial charge in [-0.2, -0.15) is 11.8 Å². The molecule has 0 atom stereocenters. The summed E-state index contributed by atoms with van der Waals surface area (Å²) in [6, 6.07) is 7.43. The second-order valence-electron chi connectivity index (χ2n) is 7.29. The lowest BCUT2D eigenvalue weighted by molar-refractivity contribution is -0.123. The molecule has 0 aliphatic carbocycles. The second kappa shape index (κ2) is 10.4. The summed E-state index contributed by atoms with van der Waals surface area (Å²) < 4.78 is 0.129. The number of piperazine rings is 1. The third-order valence-electron chi connectivity index (χ3n) is 4.52. The second-order valence-corrected chi connectivity index (χ2v) is 8.80. The van der Waals surface area contributed by atoms with Crippen LogP contribution >= 0.6 is 11.8 Å². The van der Waals surface area contributed by atoms with Crippen LogP contribution in [0.1, 0.15) is 36.7 Å². The van der Waals surface area contributed by atoms with Gasteiger partial charge in [0.05, 0.1) is 13.1 Å². The first-order valence-electron chi connectivity index (χ1n) is 9.57. The molecular formula is C20H31N5O2S. The summed E-state index contributed by atoms with van der Waals surface area (Å²) in [5.74, 6) is 0.557. The Morgan fingerprint density at radius 3 is 2.61 bits per heavy atom. The van der Waals surface area contributed by atoms with Crippen LogP contribution in [0.3, 0.4) is 0 Å². The van der Waals surface area contributed by atoms with Gasteiger partial charge in [-0.25, -0.2) is 4.99 Å². The van der Waals surface area contributed by atoms with Crippen molar-refractivity contribution in [2.24, 2.45) is 4.99 Å². The van der Waals surface area contributed by atoms with Crippen molar-refractivity contribution < 1.29 is 9.59 Å². The first-order chi connectivity index (χ1) is 13.3. The lowest BCUT2D eigenvalue weighted by atomic mass is 10.1. The van der Waals surface area contributed by atoms with Crippen LogP contribution in [0, 0.1) is 0 Å². The summed E-state index contributed by atoms with van der Waals surface area (Å²) in [5.41, 5.74) is 1.61. The quantitative estimate of drug-likeness (QED) is 0.472. The van der Waals surface area contributed by atoms with Crippen LogP contribution in [0.15, 0.2) is 29.3 Å². The lowest BCUT2D eigenvalue weighted by Gasteiger charge is -2.26. The minimum Gasteiger partial charge on any atom is -0.357 e. The van der Waals surface area contributed by atoms with E-state index in [0.29, 0.717) is 25.2 Å². The molecule has 0 bridgehead atoms. The van der Waals surface area contributed by atoms with E-state index in [1.807, 2.05) is 30.8 Å². The number of amides is 2. The summed E-state index contributed by atoms with van der Waals surface area (Å²) in [4.78, 5) is 30.2. The van der Waals surface area contributed by atoms with Crippen molar-refractivity contribution in [1.29, 1.82) is 0 Å². The number of nitrogens with one attached hydrogen (secondary N) is 3. The fourth-order valence-electron chi connectivity index (χ4n) is 2.63. The molecule has 1 fully saturated rings. The molecule has 0 saturated carbocycles. The maximum Gasteiger partial charge on any atom is 0.254 e. The third-order valence-corrected chi connectivity index (χ3v) is 5.77. The van der Waals surface area contributed by atoms with Gasteiger partial charge in [0.15, 0.2) is 5.96 Å². The summed E-state index contributed by atoms with van der Waals surface area (Å²) in [6.07, 6.45) is 2.10. The maximum absolute atomic E-state index is 12.5. The average Bonchev–Trinajstić information content (AvgIpc) is 2.70. The molecule has 0 spiro atoms. The Bertz CT molecular complexity index is 703. The van der Waals surface area contributed by atoms with E-state index in [1.165, 1.54) is 0 Å². The van der Waals surface area contributed by atoms with Crippen LogP contribution in [0.5, 0.6) is 0 Å². The zero-order valence-electron chi connectivity index (χ0n) is 17.2. The Labute approximate surface area is 171 Å². The van der Waals surface area contributed by atoms with Gasteiger partial charge in [0.25, 0.3) is 5.91 Å². The number of thioether (sulfide) groups is 1. The molecule has 28 heavy (non-hydrogen) atoms. The topological polar surface area (TPSA) is 85.8 Å². The van der Waals surface area contributed by atoms with Crippen molar-refractivity contribution in [2.75, 3.05) is 39.0 Å². The number of carbonyl (C=O) groups excluding carboxylic acids is 2. The summed E-state index contributed by atoms with van der Waals surface area (Å²) in [5, 5.41) is 9.36. The van der Waals surface area contributed by atoms with Crippen molar-refractivity contribution >= 4 is 29.5 Å². The number of hydrogen-bond donors (Lipinski definition) is 3. The predicted molar refractivity (Wildman–Crippen MR) is 116 cm³/mol. The molecule has 0 aromatic heterocycles. The molecule has 7 nitrogen and oxygen atoms in total. The summed E-state index contributed by atoms with van der Waals surface area (Å²) in [7, 11) is 0. The first kappa shape index (κ1) is 22.1. The van der Waals surface area contributed by atoms with Crippen LogP contribution < -0.4 is 16.0 Å². The molecule has 1 saturated heterocycles. The fraction of sp³-hybridized carbons (Fsp3) is 0.550. The SMILES string of the molecule is CCNC(=NCc1ccc(C(=O)N2CCNC(=O)C2)cc1)NCC(C)(C)SC. The number of carbonyl (C=O) groups is 2. The highest BCUT2D eigenvalue weighted by Crippen LogP contribution is 2.19. The molecule has 1 aromatic rings. The Morgan fingerprint density at radius 1 is 1.29 bits per heavy atom. The highest BCUT2D eigenvalue weighted by Gasteiger charge is 2.22. The molecule has 3 N–H and O–H groups in total. The van der Waals surface area contributed by atoms with E-state index in [1.54, 1.807) is 17.0 Å². The largest absolute Gasteiger partial charge is 0.357 e. The minimum absolute atomic E-state index is 0.112. The molecule has 2 amide bonds. The third kappa shape index (κ3) is 6.74. The number of guanidine groups is 1. The molecular weight excluding hydrogens is 374 g/mol. The minimum atomic E-state index is -0.112. The van der Waals surface area contributed by atoms with Crippen molar-refractivity contribution in [3.63, 3.8) is 0 Å². The van der Waals surface area contributed by atoms with Crippen LogP contribution in [-0.2, 0) is 11.3 Å². The van der Waals surface area contributed by atoms with Gasteiger partial charge in [-0.05, 0) is 44.7 Å². The predicted octanol–water partition coefficient (Wildman–Crippen LogP) is 1.46. The Morgan fingerprint density at radius 2 is 2.00 bits per heavy atom. The first-order valence-corrected chi connectivity index (χ1v) is 10.8. The highest BCUT2D eigenvalue weighted by atomic mass is 32.2. The van der Waals surface area contributed by atoms with E-state index in [2.05, 4.69) is 41.0 Å². The van der Waals surface area contributed by atoms with Gasteiger partial charge >= 0.3 is 0 Å². The Kier molecular flexibility index (Phi) is 8.17. The number of nitrogens with zero attached hydrogens (tertiary/aromatic N) is 2. The number of rotatable bonds is 7. The molecule has 0 radical (unpaired) electrons. The Balaban J connectivity index is 1.96. The van der Waals surface area contributed by atoms with Crippen molar-refractivity contribution in [3.8, 4) is 0 Å². The zero-order chi connectivity index (χ0) is 20.6. The van der Waals surface area contributed by atoms with Crippen LogP contribution in [0.4, 0.5) is 0 Å². The van der Waals surface area contributed by atoms with Gasteiger partial charge in [-0.1, -0.05) is 12.1 Å². The highest BCUT2D eigenvalue weighted by molar-refractivity contribution is 7.99. The van der Waals surface area contributed by atoms with Gasteiger partial charge in [-0.15, -0.1) is 0 Å². The van der Waals surface area contributed by atoms with E-state index >= 15 is 0 Å². The fourth-order valence-corrected chi connectivity index (χ4v) is 2.84. The molecule has 1 aliphatic rings. The average molecular weight is 406 g/mol. The molecule has 1 aliphatic heterocycles. The van der Waals surface area contributed by atoms with Crippen LogP contribution in [0.25, 0.3) is 0 Å². The summed E-state index contributed by atoms with van der Waals surface area (Å²) >= 11 is 1.81. The van der Waals surface area contributed by atoms with Crippen LogP contribution in [-0.4, -0.2) is 66.4 Å². The van der Waals surface area contributed by atoms with Gasteiger partial charge in [0.1, 0.15) is 0 Å². The lowest BCUT2D eigenvalue weighted by Crippen LogP contribution is -2.49. The molecule has 0 unspecified atom stereocenters. The standard InChI is InChI=1S/C20H31N5O2S/c1-5-21-19(24-14-20(2,3)28-4)23-12-15-6-8-16(9-7-15)18(27)25-11-10-22-17(26)13-25/h6-9H,5,10-14H2,1-4H3,(H,22,26)(H2,21,23,24). The normalized spacial score (nSPS) is 15.2. The van der Waals surface area contributed by atoms with Crippen molar-refractivity contribution in [1.82, 2.24) is 20.9 Å².